The highest BCUT2D eigenvalue weighted by atomic mass is 35.5. The maximum atomic E-state index is 12.7. The Labute approximate surface area is 159 Å². The summed E-state index contributed by atoms with van der Waals surface area (Å²) in [4.78, 5) is 14.4. The maximum Gasteiger partial charge on any atom is 0.236 e. The fraction of sp³-hybridized carbons (Fsp3) is 0.500. The second-order valence-corrected chi connectivity index (χ2v) is 8.79. The number of piperidine rings is 1. The zero-order valence-corrected chi connectivity index (χ0v) is 16.1. The summed E-state index contributed by atoms with van der Waals surface area (Å²) in [5.41, 5.74) is 0.760. The molecule has 8 heteroatoms. The number of carbonyl (C=O) groups is 1. The first-order valence-corrected chi connectivity index (χ1v) is 10.6. The predicted molar refractivity (Wildman–Crippen MR) is 101 cm³/mol. The van der Waals surface area contributed by atoms with Crippen LogP contribution in [0.15, 0.2) is 29.7 Å². The van der Waals surface area contributed by atoms with E-state index < -0.39 is 10.0 Å². The Morgan fingerprint density at radius 2 is 1.85 bits per heavy atom. The Balaban J connectivity index is 1.65. The van der Waals surface area contributed by atoms with E-state index in [0.29, 0.717) is 44.3 Å². The highest BCUT2D eigenvalue weighted by molar-refractivity contribution is 7.92. The Kier molecular flexibility index (Phi) is 6.34. The fourth-order valence-electron chi connectivity index (χ4n) is 3.24. The molecule has 2 aliphatic heterocycles. The molecule has 2 heterocycles. The van der Waals surface area contributed by atoms with Gasteiger partial charge in [0.1, 0.15) is 0 Å². The number of hydrogen-bond donors (Lipinski definition) is 0. The number of nitrogens with zero attached hydrogens (tertiary/aromatic N) is 2. The minimum absolute atomic E-state index is 0.0369. The molecule has 1 aromatic rings. The first kappa shape index (κ1) is 19.4. The number of halogens is 1. The molecule has 2 aliphatic rings. The largest absolute Gasteiger partial charge is 0.378 e. The van der Waals surface area contributed by atoms with E-state index in [0.717, 1.165) is 12.0 Å². The van der Waals surface area contributed by atoms with Gasteiger partial charge in [0.05, 0.1) is 19.1 Å². The van der Waals surface area contributed by atoms with Crippen molar-refractivity contribution < 1.29 is 17.9 Å². The summed E-state index contributed by atoms with van der Waals surface area (Å²) in [7, 11) is -3.56. The number of ether oxygens (including phenoxy) is 1. The number of morpholine rings is 1. The minimum Gasteiger partial charge on any atom is -0.378 e. The van der Waals surface area contributed by atoms with Gasteiger partial charge >= 0.3 is 0 Å². The van der Waals surface area contributed by atoms with Gasteiger partial charge in [-0.3, -0.25) is 4.79 Å². The van der Waals surface area contributed by atoms with E-state index in [1.54, 1.807) is 35.2 Å². The van der Waals surface area contributed by atoms with Gasteiger partial charge in [0.25, 0.3) is 0 Å². The summed E-state index contributed by atoms with van der Waals surface area (Å²) in [5, 5.41) is 1.81. The number of benzene rings is 1. The number of rotatable bonds is 4. The summed E-state index contributed by atoms with van der Waals surface area (Å²) in [6.07, 6.45) is 2.97. The van der Waals surface area contributed by atoms with Crippen LogP contribution in [-0.2, 0) is 19.6 Å². The van der Waals surface area contributed by atoms with Gasteiger partial charge in [-0.05, 0) is 36.6 Å². The number of sulfonamides is 1. The quantitative estimate of drug-likeness (QED) is 0.779. The predicted octanol–water partition coefficient (Wildman–Crippen LogP) is 2.21. The van der Waals surface area contributed by atoms with Crippen molar-refractivity contribution >= 4 is 33.6 Å². The van der Waals surface area contributed by atoms with E-state index in [1.165, 1.54) is 9.71 Å². The van der Waals surface area contributed by atoms with Gasteiger partial charge in [0, 0.05) is 36.6 Å². The van der Waals surface area contributed by atoms with Gasteiger partial charge in [-0.15, -0.1) is 0 Å². The molecule has 1 unspecified atom stereocenters. The van der Waals surface area contributed by atoms with Crippen molar-refractivity contribution in [2.45, 2.75) is 12.8 Å². The summed E-state index contributed by atoms with van der Waals surface area (Å²) < 4.78 is 32.0. The highest BCUT2D eigenvalue weighted by Gasteiger charge is 2.33. The van der Waals surface area contributed by atoms with Gasteiger partial charge in [-0.25, -0.2) is 8.42 Å². The lowest BCUT2D eigenvalue weighted by Crippen LogP contribution is -2.49. The van der Waals surface area contributed by atoms with E-state index >= 15 is 0 Å². The van der Waals surface area contributed by atoms with Gasteiger partial charge in [-0.2, -0.15) is 4.31 Å². The van der Waals surface area contributed by atoms with Gasteiger partial charge in [0.15, 0.2) is 0 Å². The summed E-state index contributed by atoms with van der Waals surface area (Å²) >= 11 is 5.84. The lowest BCUT2D eigenvalue weighted by atomic mass is 9.98. The molecular formula is C18H23ClN2O4S. The molecule has 0 spiro atoms. The van der Waals surface area contributed by atoms with Crippen molar-refractivity contribution in [3.8, 4) is 0 Å². The maximum absolute atomic E-state index is 12.7. The van der Waals surface area contributed by atoms with Crippen molar-refractivity contribution in [2.75, 3.05) is 39.4 Å². The third-order valence-corrected chi connectivity index (χ3v) is 6.50. The third-order valence-electron chi connectivity index (χ3n) is 4.72. The van der Waals surface area contributed by atoms with Crippen LogP contribution in [0.1, 0.15) is 18.4 Å². The molecule has 6 nitrogen and oxygen atoms in total. The summed E-state index contributed by atoms with van der Waals surface area (Å²) in [6.45, 7) is 2.94. The average Bonchev–Trinajstić information content (AvgIpc) is 2.68. The molecule has 0 aliphatic carbocycles. The fourth-order valence-corrected chi connectivity index (χ4v) is 4.64. The van der Waals surface area contributed by atoms with Crippen LogP contribution in [0, 0.1) is 5.92 Å². The smallest absolute Gasteiger partial charge is 0.236 e. The molecule has 0 saturated carbocycles. The number of carbonyl (C=O) groups excluding carboxylic acids is 1. The summed E-state index contributed by atoms with van der Waals surface area (Å²) in [6, 6.07) is 6.95. The van der Waals surface area contributed by atoms with Crippen molar-refractivity contribution in [2.24, 2.45) is 5.92 Å². The molecule has 2 fully saturated rings. The van der Waals surface area contributed by atoms with Crippen LogP contribution in [-0.4, -0.2) is 62.9 Å². The number of hydrogen-bond acceptors (Lipinski definition) is 4. The normalized spacial score (nSPS) is 22.7. The van der Waals surface area contributed by atoms with Crippen molar-refractivity contribution in [3.05, 3.63) is 40.3 Å². The van der Waals surface area contributed by atoms with E-state index in [9.17, 15) is 13.2 Å². The van der Waals surface area contributed by atoms with E-state index in [4.69, 9.17) is 16.3 Å². The van der Waals surface area contributed by atoms with E-state index in [2.05, 4.69) is 0 Å². The van der Waals surface area contributed by atoms with Crippen LogP contribution < -0.4 is 0 Å². The van der Waals surface area contributed by atoms with Crippen LogP contribution >= 0.6 is 11.6 Å². The zero-order chi connectivity index (χ0) is 18.6. The van der Waals surface area contributed by atoms with Crippen LogP contribution in [0.3, 0.4) is 0 Å². The van der Waals surface area contributed by atoms with Crippen molar-refractivity contribution in [1.82, 2.24) is 9.21 Å². The molecule has 2 saturated heterocycles. The van der Waals surface area contributed by atoms with E-state index in [-0.39, 0.29) is 18.4 Å². The van der Waals surface area contributed by atoms with Crippen molar-refractivity contribution in [3.63, 3.8) is 0 Å². The minimum atomic E-state index is -3.56. The molecule has 0 radical (unpaired) electrons. The molecule has 142 valence electrons. The molecule has 1 aromatic carbocycles. The molecule has 1 atom stereocenters. The SMILES string of the molecule is O=C(C1CCCN(S(=O)(=O)/C=C/c2ccc(Cl)cc2)C1)N1CCOCC1. The molecule has 0 bridgehead atoms. The first-order valence-electron chi connectivity index (χ1n) is 8.76. The standard InChI is InChI=1S/C18H23ClN2O4S/c19-17-5-3-15(4-6-17)7-13-26(23,24)21-8-1-2-16(14-21)18(22)20-9-11-25-12-10-20/h3-7,13,16H,1-2,8-12,14H2/b13-7+. The molecule has 0 N–H and O–H groups in total. The first-order chi connectivity index (χ1) is 12.5. The van der Waals surface area contributed by atoms with Crippen LogP contribution in [0.4, 0.5) is 0 Å². The van der Waals surface area contributed by atoms with Gasteiger partial charge < -0.3 is 9.64 Å². The monoisotopic (exact) mass is 398 g/mol. The number of amides is 1. The zero-order valence-electron chi connectivity index (χ0n) is 14.5. The molecule has 26 heavy (non-hydrogen) atoms. The Hall–Kier alpha value is -1.41. The third kappa shape index (κ3) is 4.85. The van der Waals surface area contributed by atoms with Crippen LogP contribution in [0.25, 0.3) is 6.08 Å². The molecular weight excluding hydrogens is 376 g/mol. The Morgan fingerprint density at radius 3 is 2.54 bits per heavy atom. The lowest BCUT2D eigenvalue weighted by molar-refractivity contribution is -0.140. The molecule has 1 amide bonds. The average molecular weight is 399 g/mol. The topological polar surface area (TPSA) is 66.9 Å². The summed E-state index contributed by atoms with van der Waals surface area (Å²) in [5.74, 6) is -0.240. The second kappa shape index (κ2) is 8.52. The lowest BCUT2D eigenvalue weighted by Gasteiger charge is -2.35. The Morgan fingerprint density at radius 1 is 1.15 bits per heavy atom. The van der Waals surface area contributed by atoms with Crippen LogP contribution in [0.2, 0.25) is 5.02 Å². The highest BCUT2D eigenvalue weighted by Crippen LogP contribution is 2.23. The second-order valence-electron chi connectivity index (χ2n) is 6.53. The van der Waals surface area contributed by atoms with Gasteiger partial charge in [0.2, 0.25) is 15.9 Å². The van der Waals surface area contributed by atoms with Crippen molar-refractivity contribution in [1.29, 1.82) is 0 Å². The van der Waals surface area contributed by atoms with Gasteiger partial charge in [-0.1, -0.05) is 23.7 Å². The van der Waals surface area contributed by atoms with E-state index in [1.807, 2.05) is 0 Å². The molecule has 0 aromatic heterocycles. The Bertz CT molecular complexity index is 758. The molecule has 3 rings (SSSR count). The van der Waals surface area contributed by atoms with Crippen LogP contribution in [0.5, 0.6) is 0 Å².